The van der Waals surface area contributed by atoms with E-state index >= 15 is 0 Å². The molecule has 4 amide bonds. The van der Waals surface area contributed by atoms with Gasteiger partial charge in [-0.15, -0.1) is 0 Å². The summed E-state index contributed by atoms with van der Waals surface area (Å²) in [5.41, 5.74) is 0.954. The van der Waals surface area contributed by atoms with Gasteiger partial charge >= 0.3 is 6.03 Å². The van der Waals surface area contributed by atoms with E-state index in [1.807, 2.05) is 17.0 Å². The third-order valence-corrected chi connectivity index (χ3v) is 4.82. The minimum absolute atomic E-state index is 0.0891. The highest BCUT2D eigenvalue weighted by Gasteiger charge is 2.29. The highest BCUT2D eigenvalue weighted by molar-refractivity contribution is 6.30. The monoisotopic (exact) mass is 364 g/mol. The molecule has 25 heavy (non-hydrogen) atoms. The van der Waals surface area contributed by atoms with Gasteiger partial charge in [-0.25, -0.2) is 4.79 Å². The van der Waals surface area contributed by atoms with Crippen molar-refractivity contribution in [1.82, 2.24) is 20.0 Å². The number of urea groups is 1. The summed E-state index contributed by atoms with van der Waals surface area (Å²) < 4.78 is 0. The number of benzene rings is 1. The first-order valence-electron chi connectivity index (χ1n) is 8.36. The second kappa shape index (κ2) is 7.84. The van der Waals surface area contributed by atoms with E-state index < -0.39 is 0 Å². The molecule has 7 nitrogen and oxygen atoms in total. The lowest BCUT2D eigenvalue weighted by Crippen LogP contribution is -2.51. The number of carbonyl (C=O) groups excluding carboxylic acids is 3. The number of hydrogen-bond acceptors (Lipinski definition) is 4. The van der Waals surface area contributed by atoms with Crippen molar-refractivity contribution in [3.8, 4) is 0 Å². The molecule has 0 spiro atoms. The van der Waals surface area contributed by atoms with Crippen LogP contribution in [0, 0.1) is 0 Å². The fourth-order valence-electron chi connectivity index (χ4n) is 3.03. The molecule has 1 N–H and O–H groups in total. The lowest BCUT2D eigenvalue weighted by molar-refractivity contribution is -0.132. The zero-order valence-corrected chi connectivity index (χ0v) is 14.7. The maximum Gasteiger partial charge on any atom is 0.324 e. The third kappa shape index (κ3) is 4.49. The van der Waals surface area contributed by atoms with Gasteiger partial charge in [-0.2, -0.15) is 0 Å². The lowest BCUT2D eigenvalue weighted by atomic mass is 10.1. The van der Waals surface area contributed by atoms with Crippen LogP contribution in [-0.2, 0) is 16.0 Å². The van der Waals surface area contributed by atoms with Gasteiger partial charge in [-0.05, 0) is 17.7 Å². The minimum atomic E-state index is -0.318. The van der Waals surface area contributed by atoms with Gasteiger partial charge in [0.2, 0.25) is 11.8 Å². The molecule has 0 saturated carbocycles. The number of halogens is 1. The van der Waals surface area contributed by atoms with Crippen LogP contribution in [0.4, 0.5) is 4.79 Å². The summed E-state index contributed by atoms with van der Waals surface area (Å²) in [7, 11) is 0. The van der Waals surface area contributed by atoms with Gasteiger partial charge in [0.15, 0.2) is 0 Å². The van der Waals surface area contributed by atoms with Crippen molar-refractivity contribution in [2.75, 3.05) is 45.8 Å². The third-order valence-electron chi connectivity index (χ3n) is 4.57. The van der Waals surface area contributed by atoms with Crippen LogP contribution in [0.3, 0.4) is 0 Å². The van der Waals surface area contributed by atoms with E-state index in [-0.39, 0.29) is 24.4 Å². The Labute approximate surface area is 151 Å². The Kier molecular flexibility index (Phi) is 5.55. The molecule has 0 aliphatic carbocycles. The van der Waals surface area contributed by atoms with Crippen LogP contribution in [-0.4, -0.2) is 78.4 Å². The largest absolute Gasteiger partial charge is 0.340 e. The van der Waals surface area contributed by atoms with Crippen molar-refractivity contribution in [2.24, 2.45) is 0 Å². The Morgan fingerprint density at radius 3 is 2.32 bits per heavy atom. The smallest absolute Gasteiger partial charge is 0.324 e. The predicted octanol–water partition coefficient (Wildman–Crippen LogP) is 0.579. The van der Waals surface area contributed by atoms with Crippen molar-refractivity contribution in [1.29, 1.82) is 0 Å². The van der Waals surface area contributed by atoms with E-state index in [9.17, 15) is 14.4 Å². The Morgan fingerprint density at radius 2 is 1.72 bits per heavy atom. The molecule has 2 aliphatic rings. The molecule has 1 aromatic rings. The summed E-state index contributed by atoms with van der Waals surface area (Å²) >= 11 is 5.86. The average molecular weight is 365 g/mol. The van der Waals surface area contributed by atoms with E-state index in [4.69, 9.17) is 11.6 Å². The molecule has 2 fully saturated rings. The van der Waals surface area contributed by atoms with Gasteiger partial charge in [0, 0.05) is 44.3 Å². The van der Waals surface area contributed by atoms with Gasteiger partial charge in [0.05, 0.1) is 13.0 Å². The van der Waals surface area contributed by atoms with E-state index in [1.54, 1.807) is 12.1 Å². The highest BCUT2D eigenvalue weighted by atomic mass is 35.5. The Bertz CT molecular complexity index is 640. The van der Waals surface area contributed by atoms with E-state index in [1.165, 1.54) is 4.90 Å². The van der Waals surface area contributed by atoms with Crippen molar-refractivity contribution in [3.63, 3.8) is 0 Å². The summed E-state index contributed by atoms with van der Waals surface area (Å²) in [6, 6.07) is 7.00. The number of carbonyl (C=O) groups is 3. The van der Waals surface area contributed by atoms with Crippen molar-refractivity contribution in [3.05, 3.63) is 34.9 Å². The molecule has 2 saturated heterocycles. The second-order valence-electron chi connectivity index (χ2n) is 6.23. The number of nitrogens with zero attached hydrogens (tertiary/aromatic N) is 3. The summed E-state index contributed by atoms with van der Waals surface area (Å²) in [6.07, 6.45) is 0.375. The molecule has 1 aromatic carbocycles. The minimum Gasteiger partial charge on any atom is -0.340 e. The van der Waals surface area contributed by atoms with Crippen molar-refractivity contribution in [2.45, 2.75) is 6.42 Å². The van der Waals surface area contributed by atoms with Crippen LogP contribution in [0.5, 0.6) is 0 Å². The Hall–Kier alpha value is -2.12. The van der Waals surface area contributed by atoms with Gasteiger partial charge in [-0.1, -0.05) is 23.7 Å². The molecule has 134 valence electrons. The summed E-state index contributed by atoms with van der Waals surface area (Å²) in [6.45, 7) is 3.93. The predicted molar refractivity (Wildman–Crippen MR) is 93.3 cm³/mol. The van der Waals surface area contributed by atoms with E-state index in [0.717, 1.165) is 18.7 Å². The first-order chi connectivity index (χ1) is 12.0. The first kappa shape index (κ1) is 17.7. The molecule has 8 heteroatoms. The van der Waals surface area contributed by atoms with Crippen molar-refractivity contribution < 1.29 is 14.4 Å². The van der Waals surface area contributed by atoms with Crippen LogP contribution in [0.15, 0.2) is 24.3 Å². The number of amides is 4. The molecule has 0 unspecified atom stereocenters. The zero-order chi connectivity index (χ0) is 17.8. The summed E-state index contributed by atoms with van der Waals surface area (Å²) in [5, 5.41) is 3.18. The molecule has 2 heterocycles. The molecule has 0 aromatic heterocycles. The van der Waals surface area contributed by atoms with Crippen LogP contribution in [0.25, 0.3) is 0 Å². The standard InChI is InChI=1S/C17H21ClN4O3/c18-14-3-1-13(2-4-14)11-15(23)21-8-5-20(6-9-21)7-10-22-16(24)12-19-17(22)25/h1-4H,5-12H2,(H,19,25). The van der Waals surface area contributed by atoms with Crippen LogP contribution in [0.1, 0.15) is 5.56 Å². The fraction of sp³-hybridized carbons (Fsp3) is 0.471. The number of nitrogens with one attached hydrogen (secondary N) is 1. The number of hydrogen-bond donors (Lipinski definition) is 1. The van der Waals surface area contributed by atoms with Crippen LogP contribution in [0.2, 0.25) is 5.02 Å². The molecular weight excluding hydrogens is 344 g/mol. The number of rotatable bonds is 5. The highest BCUT2D eigenvalue weighted by Crippen LogP contribution is 2.12. The van der Waals surface area contributed by atoms with Gasteiger partial charge in [0.25, 0.3) is 0 Å². The lowest BCUT2D eigenvalue weighted by Gasteiger charge is -2.35. The molecule has 0 bridgehead atoms. The number of imide groups is 1. The molecule has 2 aliphatic heterocycles. The SMILES string of the molecule is O=C(Cc1ccc(Cl)cc1)N1CCN(CCN2C(=O)CNC2=O)CC1. The summed E-state index contributed by atoms with van der Waals surface area (Å²) in [5.74, 6) is -0.0714. The maximum atomic E-state index is 12.4. The number of piperazine rings is 1. The molecule has 0 atom stereocenters. The van der Waals surface area contributed by atoms with Crippen molar-refractivity contribution >= 4 is 29.4 Å². The zero-order valence-electron chi connectivity index (χ0n) is 13.9. The van der Waals surface area contributed by atoms with Crippen LogP contribution >= 0.6 is 11.6 Å². The Balaban J connectivity index is 1.42. The normalized spacial score (nSPS) is 18.6. The molecule has 3 rings (SSSR count). The first-order valence-corrected chi connectivity index (χ1v) is 8.73. The average Bonchev–Trinajstić information content (AvgIpc) is 2.93. The van der Waals surface area contributed by atoms with E-state index in [2.05, 4.69) is 10.2 Å². The maximum absolute atomic E-state index is 12.4. The topological polar surface area (TPSA) is 73.0 Å². The quantitative estimate of drug-likeness (QED) is 0.776. The fourth-order valence-corrected chi connectivity index (χ4v) is 3.16. The van der Waals surface area contributed by atoms with Gasteiger partial charge in [0.1, 0.15) is 0 Å². The van der Waals surface area contributed by atoms with Gasteiger partial charge < -0.3 is 10.2 Å². The second-order valence-corrected chi connectivity index (χ2v) is 6.67. The Morgan fingerprint density at radius 1 is 1.04 bits per heavy atom. The molecule has 0 radical (unpaired) electrons. The molecular formula is C17H21ClN4O3. The summed E-state index contributed by atoms with van der Waals surface area (Å²) in [4.78, 5) is 40.7. The van der Waals surface area contributed by atoms with Gasteiger partial charge in [-0.3, -0.25) is 19.4 Å². The van der Waals surface area contributed by atoms with E-state index in [0.29, 0.717) is 37.6 Å². The van der Waals surface area contributed by atoms with Crippen LogP contribution < -0.4 is 5.32 Å².